The standard InChI is InChI=1S/C8H12BrN3OS/c1-2-3-5(10)7(13)12-8-11-4-6(9)14-8/h4-5H,2-3,10H2,1H3,(H,11,12,13)/t5-/m1/s1. The van der Waals surface area contributed by atoms with E-state index in [0.29, 0.717) is 11.6 Å². The first kappa shape index (κ1) is 11.6. The van der Waals surface area contributed by atoms with Crippen molar-refractivity contribution in [2.75, 3.05) is 5.32 Å². The second-order valence-corrected chi connectivity index (χ2v) is 5.26. The van der Waals surface area contributed by atoms with E-state index in [9.17, 15) is 4.79 Å². The smallest absolute Gasteiger partial charge is 0.243 e. The van der Waals surface area contributed by atoms with Crippen LogP contribution in [0.5, 0.6) is 0 Å². The highest BCUT2D eigenvalue weighted by Crippen LogP contribution is 2.23. The number of carbonyl (C=O) groups is 1. The molecule has 0 bridgehead atoms. The molecule has 3 N–H and O–H groups in total. The van der Waals surface area contributed by atoms with Gasteiger partial charge in [-0.25, -0.2) is 4.98 Å². The van der Waals surface area contributed by atoms with Gasteiger partial charge in [0.25, 0.3) is 0 Å². The third-order valence-corrected chi connectivity index (χ3v) is 3.04. The van der Waals surface area contributed by atoms with Gasteiger partial charge in [0, 0.05) is 0 Å². The fourth-order valence-corrected chi connectivity index (χ4v) is 2.06. The molecule has 0 radical (unpaired) electrons. The molecule has 1 aromatic rings. The van der Waals surface area contributed by atoms with Crippen LogP contribution in [0.15, 0.2) is 9.98 Å². The van der Waals surface area contributed by atoms with E-state index in [4.69, 9.17) is 5.73 Å². The lowest BCUT2D eigenvalue weighted by atomic mass is 10.2. The summed E-state index contributed by atoms with van der Waals surface area (Å²) in [5, 5.41) is 3.24. The van der Waals surface area contributed by atoms with Crippen LogP contribution in [-0.2, 0) is 4.79 Å². The zero-order valence-electron chi connectivity index (χ0n) is 7.79. The number of amides is 1. The van der Waals surface area contributed by atoms with Crippen molar-refractivity contribution < 1.29 is 4.79 Å². The lowest BCUT2D eigenvalue weighted by Crippen LogP contribution is -2.35. The van der Waals surface area contributed by atoms with Gasteiger partial charge < -0.3 is 11.1 Å². The second kappa shape index (κ2) is 5.43. The van der Waals surface area contributed by atoms with Gasteiger partial charge in [0.1, 0.15) is 0 Å². The van der Waals surface area contributed by atoms with Crippen molar-refractivity contribution in [2.45, 2.75) is 25.8 Å². The molecule has 14 heavy (non-hydrogen) atoms. The van der Waals surface area contributed by atoms with E-state index >= 15 is 0 Å². The topological polar surface area (TPSA) is 68.0 Å². The number of thiazole rings is 1. The Labute approximate surface area is 95.0 Å². The number of nitrogens with two attached hydrogens (primary N) is 1. The lowest BCUT2D eigenvalue weighted by Gasteiger charge is -2.08. The van der Waals surface area contributed by atoms with E-state index in [-0.39, 0.29) is 5.91 Å². The molecule has 1 rings (SSSR count). The van der Waals surface area contributed by atoms with Crippen LogP contribution in [0.4, 0.5) is 5.13 Å². The van der Waals surface area contributed by atoms with Crippen LogP contribution in [0.3, 0.4) is 0 Å². The quantitative estimate of drug-likeness (QED) is 0.884. The van der Waals surface area contributed by atoms with Crippen molar-refractivity contribution in [1.29, 1.82) is 0 Å². The molecule has 0 spiro atoms. The minimum Gasteiger partial charge on any atom is -0.320 e. The molecule has 4 nitrogen and oxygen atoms in total. The minimum absolute atomic E-state index is 0.172. The third kappa shape index (κ3) is 3.36. The number of carbonyl (C=O) groups excluding carboxylic acids is 1. The van der Waals surface area contributed by atoms with E-state index in [1.807, 2.05) is 6.92 Å². The monoisotopic (exact) mass is 277 g/mol. The summed E-state index contributed by atoms with van der Waals surface area (Å²) in [5.41, 5.74) is 5.64. The predicted octanol–water partition coefficient (Wildman–Crippen LogP) is 1.97. The molecular formula is C8H12BrN3OS. The molecule has 1 heterocycles. The fraction of sp³-hybridized carbons (Fsp3) is 0.500. The third-order valence-electron chi connectivity index (χ3n) is 1.64. The molecule has 0 aliphatic carbocycles. The first-order valence-electron chi connectivity index (χ1n) is 4.31. The summed E-state index contributed by atoms with van der Waals surface area (Å²) in [6.45, 7) is 1.99. The summed E-state index contributed by atoms with van der Waals surface area (Å²) >= 11 is 4.63. The normalized spacial score (nSPS) is 12.5. The van der Waals surface area contributed by atoms with Crippen molar-refractivity contribution in [2.24, 2.45) is 5.73 Å². The number of rotatable bonds is 4. The maximum atomic E-state index is 11.4. The number of nitrogens with one attached hydrogen (secondary N) is 1. The van der Waals surface area contributed by atoms with Gasteiger partial charge in [-0.2, -0.15) is 0 Å². The van der Waals surface area contributed by atoms with Crippen LogP contribution in [0.2, 0.25) is 0 Å². The first-order chi connectivity index (χ1) is 6.63. The Hall–Kier alpha value is -0.460. The Morgan fingerprint density at radius 3 is 3.07 bits per heavy atom. The van der Waals surface area contributed by atoms with E-state index in [1.165, 1.54) is 11.3 Å². The summed E-state index contributed by atoms with van der Waals surface area (Å²) < 4.78 is 0.886. The van der Waals surface area contributed by atoms with E-state index < -0.39 is 6.04 Å². The predicted molar refractivity (Wildman–Crippen MR) is 61.3 cm³/mol. The first-order valence-corrected chi connectivity index (χ1v) is 5.92. The van der Waals surface area contributed by atoms with Crippen molar-refractivity contribution in [3.05, 3.63) is 9.98 Å². The summed E-state index contributed by atoms with van der Waals surface area (Å²) in [6, 6.07) is -0.442. The molecule has 0 unspecified atom stereocenters. The number of hydrogen-bond acceptors (Lipinski definition) is 4. The Bertz CT molecular complexity index is 315. The Balaban J connectivity index is 2.48. The van der Waals surface area contributed by atoms with E-state index in [2.05, 4.69) is 26.2 Å². The van der Waals surface area contributed by atoms with E-state index in [1.54, 1.807) is 6.20 Å². The Kier molecular flexibility index (Phi) is 4.50. The summed E-state index contributed by atoms with van der Waals surface area (Å²) in [4.78, 5) is 15.4. The molecule has 1 aromatic heterocycles. The average Bonchev–Trinajstić information content (AvgIpc) is 2.51. The van der Waals surface area contributed by atoms with Gasteiger partial charge in [0.05, 0.1) is 16.0 Å². The number of hydrogen-bond donors (Lipinski definition) is 2. The zero-order chi connectivity index (χ0) is 10.6. The number of halogens is 1. The van der Waals surface area contributed by atoms with Gasteiger partial charge in [0.15, 0.2) is 5.13 Å². The molecule has 0 saturated carbocycles. The van der Waals surface area contributed by atoms with Gasteiger partial charge in [0.2, 0.25) is 5.91 Å². The molecule has 1 amide bonds. The molecule has 0 aliphatic heterocycles. The summed E-state index contributed by atoms with van der Waals surface area (Å²) in [6.07, 6.45) is 3.24. The van der Waals surface area contributed by atoms with Gasteiger partial charge in [-0.15, -0.1) is 0 Å². The van der Waals surface area contributed by atoms with Gasteiger partial charge in [-0.3, -0.25) is 4.79 Å². The molecule has 0 aromatic carbocycles. The molecule has 0 fully saturated rings. The van der Waals surface area contributed by atoms with Crippen LogP contribution in [0, 0.1) is 0 Å². The van der Waals surface area contributed by atoms with Gasteiger partial charge in [-0.05, 0) is 22.4 Å². The Morgan fingerprint density at radius 2 is 2.57 bits per heavy atom. The molecule has 6 heteroatoms. The van der Waals surface area contributed by atoms with Crippen LogP contribution in [0.1, 0.15) is 19.8 Å². The van der Waals surface area contributed by atoms with Crippen molar-refractivity contribution in [3.63, 3.8) is 0 Å². The number of nitrogens with zero attached hydrogens (tertiary/aromatic N) is 1. The highest BCUT2D eigenvalue weighted by atomic mass is 79.9. The van der Waals surface area contributed by atoms with Crippen molar-refractivity contribution >= 4 is 38.3 Å². The number of aromatic nitrogens is 1. The maximum Gasteiger partial charge on any atom is 0.243 e. The highest BCUT2D eigenvalue weighted by molar-refractivity contribution is 9.11. The lowest BCUT2D eigenvalue weighted by molar-refractivity contribution is -0.117. The van der Waals surface area contributed by atoms with Crippen LogP contribution in [0.25, 0.3) is 0 Å². The Morgan fingerprint density at radius 1 is 1.86 bits per heavy atom. The molecule has 78 valence electrons. The molecule has 1 atom stereocenters. The summed E-state index contributed by atoms with van der Waals surface area (Å²) in [7, 11) is 0. The van der Waals surface area contributed by atoms with Crippen molar-refractivity contribution in [3.8, 4) is 0 Å². The number of anilines is 1. The van der Waals surface area contributed by atoms with Gasteiger partial charge >= 0.3 is 0 Å². The summed E-state index contributed by atoms with van der Waals surface area (Å²) in [5.74, 6) is -0.172. The SMILES string of the molecule is CCC[C@@H](N)C(=O)Nc1ncc(Br)s1. The van der Waals surface area contributed by atoms with Gasteiger partial charge in [-0.1, -0.05) is 24.7 Å². The average molecular weight is 278 g/mol. The highest BCUT2D eigenvalue weighted by Gasteiger charge is 2.13. The van der Waals surface area contributed by atoms with Crippen LogP contribution in [-0.4, -0.2) is 16.9 Å². The van der Waals surface area contributed by atoms with Crippen LogP contribution < -0.4 is 11.1 Å². The molecular weight excluding hydrogens is 266 g/mol. The van der Waals surface area contributed by atoms with Crippen molar-refractivity contribution in [1.82, 2.24) is 4.98 Å². The fourth-order valence-electron chi connectivity index (χ4n) is 0.952. The largest absolute Gasteiger partial charge is 0.320 e. The maximum absolute atomic E-state index is 11.4. The minimum atomic E-state index is -0.442. The second-order valence-electron chi connectivity index (χ2n) is 2.85. The molecule has 0 aliphatic rings. The zero-order valence-corrected chi connectivity index (χ0v) is 10.2. The van der Waals surface area contributed by atoms with Crippen LogP contribution >= 0.6 is 27.3 Å². The van der Waals surface area contributed by atoms with E-state index in [0.717, 1.165) is 10.2 Å². The molecule has 0 saturated heterocycles.